The molecule has 0 aliphatic rings. The van der Waals surface area contributed by atoms with E-state index in [2.05, 4.69) is 12.2 Å². The molecule has 5 nitrogen and oxygen atoms in total. The molecule has 0 aliphatic carbocycles. The van der Waals surface area contributed by atoms with Gasteiger partial charge in [0.1, 0.15) is 11.3 Å². The summed E-state index contributed by atoms with van der Waals surface area (Å²) in [4.78, 5) is 23.6. The average Bonchev–Trinajstić information content (AvgIpc) is 2.60. The lowest BCUT2D eigenvalue weighted by atomic mass is 10.1. The number of fused-ring (bicyclic) bond motifs is 1. The van der Waals surface area contributed by atoms with Crippen LogP contribution in [-0.4, -0.2) is 12.5 Å². The first-order valence-corrected chi connectivity index (χ1v) is 8.20. The molecule has 2 aromatic carbocycles. The Morgan fingerprint density at radius 3 is 2.68 bits per heavy atom. The van der Waals surface area contributed by atoms with E-state index in [0.717, 1.165) is 23.8 Å². The summed E-state index contributed by atoms with van der Waals surface area (Å²) in [5.41, 5.74) is 1.76. The van der Waals surface area contributed by atoms with Gasteiger partial charge < -0.3 is 14.5 Å². The van der Waals surface area contributed by atoms with E-state index in [0.29, 0.717) is 17.0 Å². The van der Waals surface area contributed by atoms with Crippen LogP contribution in [-0.2, 0) is 11.2 Å². The van der Waals surface area contributed by atoms with Crippen LogP contribution in [0.4, 0.5) is 5.69 Å². The molecule has 1 amide bonds. The number of amides is 1. The van der Waals surface area contributed by atoms with Crippen molar-refractivity contribution >= 4 is 22.6 Å². The summed E-state index contributed by atoms with van der Waals surface area (Å²) >= 11 is 0. The highest BCUT2D eigenvalue weighted by atomic mass is 16.5. The highest BCUT2D eigenvalue weighted by Crippen LogP contribution is 2.23. The summed E-state index contributed by atoms with van der Waals surface area (Å²) in [6, 6.07) is 16.0. The van der Waals surface area contributed by atoms with E-state index < -0.39 is 0 Å². The molecular formula is C20H19NO4. The second-order valence-corrected chi connectivity index (χ2v) is 5.70. The molecular weight excluding hydrogens is 318 g/mol. The minimum absolute atomic E-state index is 0.126. The van der Waals surface area contributed by atoms with Gasteiger partial charge in [-0.25, -0.2) is 4.79 Å². The molecule has 0 unspecified atom stereocenters. The van der Waals surface area contributed by atoms with Crippen LogP contribution in [0.1, 0.15) is 18.9 Å². The van der Waals surface area contributed by atoms with E-state index in [1.165, 1.54) is 6.07 Å². The van der Waals surface area contributed by atoms with E-state index in [1.807, 2.05) is 24.3 Å². The second kappa shape index (κ2) is 7.66. The maximum absolute atomic E-state index is 11.9. The summed E-state index contributed by atoms with van der Waals surface area (Å²) < 4.78 is 10.8. The molecule has 25 heavy (non-hydrogen) atoms. The maximum atomic E-state index is 11.9. The fourth-order valence-electron chi connectivity index (χ4n) is 2.64. The molecule has 1 aromatic heterocycles. The number of nitrogens with one attached hydrogen (secondary N) is 1. The Morgan fingerprint density at radius 1 is 1.12 bits per heavy atom. The molecule has 0 saturated carbocycles. The second-order valence-electron chi connectivity index (χ2n) is 5.70. The van der Waals surface area contributed by atoms with Gasteiger partial charge in [0.05, 0.1) is 0 Å². The van der Waals surface area contributed by atoms with Crippen LogP contribution >= 0.6 is 0 Å². The van der Waals surface area contributed by atoms with Gasteiger partial charge in [0, 0.05) is 23.2 Å². The van der Waals surface area contributed by atoms with Crippen molar-refractivity contribution < 1.29 is 13.9 Å². The summed E-state index contributed by atoms with van der Waals surface area (Å²) in [6.07, 6.45) is 1.75. The number of carbonyl (C=O) groups is 1. The van der Waals surface area contributed by atoms with E-state index in [-0.39, 0.29) is 18.1 Å². The Hall–Kier alpha value is -3.08. The molecule has 0 saturated heterocycles. The number of benzene rings is 2. The van der Waals surface area contributed by atoms with E-state index in [4.69, 9.17) is 9.15 Å². The van der Waals surface area contributed by atoms with Gasteiger partial charge in [-0.05, 0) is 36.2 Å². The van der Waals surface area contributed by atoms with Crippen molar-refractivity contribution in [1.29, 1.82) is 0 Å². The molecule has 3 rings (SSSR count). The fraction of sp³-hybridized carbons (Fsp3) is 0.200. The summed E-state index contributed by atoms with van der Waals surface area (Å²) in [5, 5.41) is 3.64. The lowest BCUT2D eigenvalue weighted by molar-refractivity contribution is -0.118. The molecule has 128 valence electrons. The first kappa shape index (κ1) is 16.8. The number of aryl methyl sites for hydroxylation is 1. The number of rotatable bonds is 6. The minimum Gasteiger partial charge on any atom is -0.484 e. The van der Waals surface area contributed by atoms with Crippen LogP contribution < -0.4 is 15.7 Å². The lowest BCUT2D eigenvalue weighted by Crippen LogP contribution is -2.20. The number of hydrogen-bond donors (Lipinski definition) is 1. The van der Waals surface area contributed by atoms with Crippen molar-refractivity contribution in [2.45, 2.75) is 19.8 Å². The summed E-state index contributed by atoms with van der Waals surface area (Å²) in [7, 11) is 0. The first-order valence-electron chi connectivity index (χ1n) is 8.20. The van der Waals surface area contributed by atoms with Crippen molar-refractivity contribution in [2.24, 2.45) is 0 Å². The van der Waals surface area contributed by atoms with Gasteiger partial charge >= 0.3 is 5.63 Å². The van der Waals surface area contributed by atoms with Crippen LogP contribution in [0.15, 0.2) is 63.8 Å². The van der Waals surface area contributed by atoms with Crippen molar-refractivity contribution in [3.05, 3.63) is 70.6 Å². The van der Waals surface area contributed by atoms with E-state index >= 15 is 0 Å². The monoisotopic (exact) mass is 337 g/mol. The molecule has 0 bridgehead atoms. The Bertz CT molecular complexity index is 931. The van der Waals surface area contributed by atoms with Gasteiger partial charge in [-0.15, -0.1) is 0 Å². The first-order chi connectivity index (χ1) is 12.2. The molecule has 0 spiro atoms. The van der Waals surface area contributed by atoms with Gasteiger partial charge in [-0.2, -0.15) is 0 Å². The third-order valence-electron chi connectivity index (χ3n) is 3.75. The van der Waals surface area contributed by atoms with E-state index in [1.54, 1.807) is 24.3 Å². The topological polar surface area (TPSA) is 68.5 Å². The number of carbonyl (C=O) groups excluding carboxylic acids is 1. The van der Waals surface area contributed by atoms with Crippen molar-refractivity contribution in [1.82, 2.24) is 0 Å². The summed E-state index contributed by atoms with van der Waals surface area (Å²) in [6.45, 7) is 1.93. The zero-order valence-corrected chi connectivity index (χ0v) is 14.0. The van der Waals surface area contributed by atoms with Crippen LogP contribution in [0.5, 0.6) is 5.75 Å². The van der Waals surface area contributed by atoms with Crippen LogP contribution in [0.2, 0.25) is 0 Å². The highest BCUT2D eigenvalue weighted by molar-refractivity contribution is 5.91. The highest BCUT2D eigenvalue weighted by Gasteiger charge is 2.08. The smallest absolute Gasteiger partial charge is 0.336 e. The Labute approximate surface area is 145 Å². The van der Waals surface area contributed by atoms with Crippen LogP contribution in [0.25, 0.3) is 11.0 Å². The van der Waals surface area contributed by atoms with Crippen LogP contribution in [0.3, 0.4) is 0 Å². The third kappa shape index (κ3) is 4.26. The predicted octanol–water partition coefficient (Wildman–Crippen LogP) is 3.76. The Morgan fingerprint density at radius 2 is 1.92 bits per heavy atom. The quantitative estimate of drug-likeness (QED) is 0.695. The van der Waals surface area contributed by atoms with Crippen molar-refractivity contribution in [2.75, 3.05) is 11.9 Å². The maximum Gasteiger partial charge on any atom is 0.336 e. The Balaban J connectivity index is 1.72. The molecule has 3 aromatic rings. The number of anilines is 1. The fourth-order valence-corrected chi connectivity index (χ4v) is 2.64. The molecule has 1 heterocycles. The van der Waals surface area contributed by atoms with Gasteiger partial charge in [0.15, 0.2) is 6.61 Å². The van der Waals surface area contributed by atoms with E-state index in [9.17, 15) is 9.59 Å². The minimum atomic E-state index is -0.380. The standard InChI is InChI=1S/C20H19NO4/c1-2-6-14-11-20(23)25-18-12-16(9-10-17(14)18)24-13-19(22)21-15-7-4-3-5-8-15/h3-5,7-12H,2,6,13H2,1H3,(H,21,22). The van der Waals surface area contributed by atoms with Gasteiger partial charge in [0.2, 0.25) is 0 Å². The number of hydrogen-bond acceptors (Lipinski definition) is 4. The molecule has 1 N–H and O–H groups in total. The third-order valence-corrected chi connectivity index (χ3v) is 3.75. The zero-order chi connectivity index (χ0) is 17.6. The number of para-hydroxylation sites is 1. The molecule has 0 fully saturated rings. The largest absolute Gasteiger partial charge is 0.484 e. The van der Waals surface area contributed by atoms with Gasteiger partial charge in [-0.1, -0.05) is 31.5 Å². The van der Waals surface area contributed by atoms with Gasteiger partial charge in [0.25, 0.3) is 5.91 Å². The van der Waals surface area contributed by atoms with Gasteiger partial charge in [-0.3, -0.25) is 4.79 Å². The molecule has 0 radical (unpaired) electrons. The SMILES string of the molecule is CCCc1cc(=O)oc2cc(OCC(=O)Nc3ccccc3)ccc12. The number of ether oxygens (including phenoxy) is 1. The lowest BCUT2D eigenvalue weighted by Gasteiger charge is -2.09. The predicted molar refractivity (Wildman–Crippen MR) is 97.0 cm³/mol. The normalized spacial score (nSPS) is 10.6. The molecule has 0 aliphatic heterocycles. The van der Waals surface area contributed by atoms with Crippen molar-refractivity contribution in [3.63, 3.8) is 0 Å². The average molecular weight is 337 g/mol. The molecule has 0 atom stereocenters. The molecule has 5 heteroatoms. The zero-order valence-electron chi connectivity index (χ0n) is 14.0. The van der Waals surface area contributed by atoms with Crippen LogP contribution in [0, 0.1) is 0 Å². The van der Waals surface area contributed by atoms with Crippen molar-refractivity contribution in [3.8, 4) is 5.75 Å². The summed E-state index contributed by atoms with van der Waals surface area (Å²) in [5.74, 6) is 0.222. The Kier molecular flexibility index (Phi) is 5.14.